The molecule has 5 heteroatoms. The standard InChI is InChI=1S/C24H25N2.C21H28NSi.Ir/c1-17-12-22(13-18(2)26-17)24-15-21(14-19-8-6-7-9-19)23(16-25-24)20-10-4-3-5-11-20;1-23(2,3)21-16-22-20(18-12-8-5-9-13-18)15-19(21)14-17-10-6-4-7-11-17;/h3-5,10-12,15-16,19H,6-9,14H2,1-2H3;5,8-9,12,15-17H,4,6-7,10-11,14H2,1-3H3;/q2*-1;. The second-order valence-electron chi connectivity index (χ2n) is 15.4. The summed E-state index contributed by atoms with van der Waals surface area (Å²) in [6.07, 6.45) is 19.1. The third-order valence-corrected chi connectivity index (χ3v) is 12.4. The van der Waals surface area contributed by atoms with Crippen molar-refractivity contribution in [3.05, 3.63) is 120 Å². The van der Waals surface area contributed by atoms with Gasteiger partial charge in [-0.15, -0.1) is 42.0 Å². The van der Waals surface area contributed by atoms with Gasteiger partial charge in [-0.25, -0.2) is 0 Å². The molecule has 3 nitrogen and oxygen atoms in total. The van der Waals surface area contributed by atoms with Crippen LogP contribution in [0.4, 0.5) is 0 Å². The van der Waals surface area contributed by atoms with E-state index >= 15 is 0 Å². The third kappa shape index (κ3) is 10.2. The van der Waals surface area contributed by atoms with Gasteiger partial charge < -0.3 is 9.97 Å². The first-order valence-corrected chi connectivity index (χ1v) is 22.1. The molecule has 0 aliphatic heterocycles. The van der Waals surface area contributed by atoms with Crippen LogP contribution in [-0.4, -0.2) is 23.0 Å². The molecule has 0 bridgehead atoms. The molecule has 3 aromatic heterocycles. The Hall–Kier alpha value is -3.24. The molecule has 0 saturated heterocycles. The molecule has 0 atom stereocenters. The van der Waals surface area contributed by atoms with Crippen molar-refractivity contribution >= 4 is 13.3 Å². The summed E-state index contributed by atoms with van der Waals surface area (Å²) in [6, 6.07) is 32.2. The molecule has 0 N–H and O–H groups in total. The van der Waals surface area contributed by atoms with Gasteiger partial charge in [0.15, 0.2) is 0 Å². The van der Waals surface area contributed by atoms with Crippen molar-refractivity contribution < 1.29 is 20.1 Å². The Bertz CT molecular complexity index is 1780. The van der Waals surface area contributed by atoms with Crippen LogP contribution < -0.4 is 5.19 Å². The van der Waals surface area contributed by atoms with Gasteiger partial charge in [-0.05, 0) is 77.6 Å². The number of rotatable bonds is 8. The largest absolute Gasteiger partial charge is 0.320 e. The molecule has 2 aliphatic carbocycles. The molecule has 2 aliphatic rings. The van der Waals surface area contributed by atoms with E-state index in [4.69, 9.17) is 9.97 Å². The van der Waals surface area contributed by atoms with Crippen molar-refractivity contribution in [3.8, 4) is 33.6 Å². The summed E-state index contributed by atoms with van der Waals surface area (Å²) in [5.41, 5.74) is 11.7. The summed E-state index contributed by atoms with van der Waals surface area (Å²) in [4.78, 5) is 14.0. The molecular weight excluding hydrogens is 803 g/mol. The summed E-state index contributed by atoms with van der Waals surface area (Å²) in [7, 11) is -1.36. The van der Waals surface area contributed by atoms with Crippen LogP contribution in [0, 0.1) is 37.8 Å². The predicted octanol–water partition coefficient (Wildman–Crippen LogP) is 11.2. The molecule has 2 saturated carbocycles. The molecule has 263 valence electrons. The normalized spacial score (nSPS) is 15.2. The van der Waals surface area contributed by atoms with Gasteiger partial charge in [-0.3, -0.25) is 4.98 Å². The van der Waals surface area contributed by atoms with E-state index in [0.717, 1.165) is 52.2 Å². The van der Waals surface area contributed by atoms with E-state index in [-0.39, 0.29) is 20.1 Å². The van der Waals surface area contributed by atoms with Gasteiger partial charge in [0.25, 0.3) is 0 Å². The fraction of sp³-hybridized carbons (Fsp3) is 0.400. The zero-order chi connectivity index (χ0) is 34.2. The average Bonchev–Trinajstić information content (AvgIpc) is 3.62. The van der Waals surface area contributed by atoms with Crippen molar-refractivity contribution in [2.24, 2.45) is 11.8 Å². The number of aromatic nitrogens is 3. The van der Waals surface area contributed by atoms with Crippen molar-refractivity contribution in [1.82, 2.24) is 15.0 Å². The van der Waals surface area contributed by atoms with Crippen molar-refractivity contribution in [2.75, 3.05) is 0 Å². The molecule has 2 aromatic carbocycles. The number of hydrogen-bond donors (Lipinski definition) is 0. The molecule has 0 spiro atoms. The number of nitrogens with zero attached hydrogens (tertiary/aromatic N) is 3. The van der Waals surface area contributed by atoms with E-state index < -0.39 is 8.07 Å². The summed E-state index contributed by atoms with van der Waals surface area (Å²) < 4.78 is 0. The molecule has 0 amide bonds. The summed E-state index contributed by atoms with van der Waals surface area (Å²) in [5.74, 6) is 1.67. The van der Waals surface area contributed by atoms with Crippen LogP contribution in [0.25, 0.3) is 33.6 Å². The monoisotopic (exact) mass is 856 g/mol. The van der Waals surface area contributed by atoms with E-state index in [1.165, 1.54) is 80.9 Å². The van der Waals surface area contributed by atoms with E-state index in [2.05, 4.69) is 104 Å². The first-order chi connectivity index (χ1) is 23.7. The van der Waals surface area contributed by atoms with Gasteiger partial charge >= 0.3 is 0 Å². The minimum absolute atomic E-state index is 0. The third-order valence-electron chi connectivity index (χ3n) is 10.4. The number of benzene rings is 2. The average molecular weight is 856 g/mol. The molecule has 1 radical (unpaired) electrons. The fourth-order valence-electron chi connectivity index (χ4n) is 7.86. The Kier molecular flexibility index (Phi) is 13.5. The second-order valence-corrected chi connectivity index (χ2v) is 20.5. The van der Waals surface area contributed by atoms with Gasteiger partial charge in [0.2, 0.25) is 0 Å². The summed E-state index contributed by atoms with van der Waals surface area (Å²) in [5, 5.41) is 1.54. The Labute approximate surface area is 316 Å². The van der Waals surface area contributed by atoms with Gasteiger partial charge in [-0.2, -0.15) is 11.6 Å². The van der Waals surface area contributed by atoms with Crippen LogP contribution in [0.3, 0.4) is 0 Å². The summed E-state index contributed by atoms with van der Waals surface area (Å²) in [6.45, 7) is 11.3. The Morgan fingerprint density at radius 3 is 1.92 bits per heavy atom. The fourth-order valence-corrected chi connectivity index (χ4v) is 9.45. The minimum Gasteiger partial charge on any atom is -0.320 e. The molecule has 2 fully saturated rings. The SMILES string of the molecule is C[Si](C)(C)c1cnc(-c2[c-]cccc2)cc1CC1CCCCC1.Cc1[c-]c(-c2cc(CC3CCCC3)c(-c3ccccc3)cn2)cc(C)n1.[Ir]. The molecule has 5 aromatic rings. The van der Waals surface area contributed by atoms with Crippen LogP contribution in [0.15, 0.2) is 85.2 Å². The van der Waals surface area contributed by atoms with Gasteiger partial charge in [0.1, 0.15) is 0 Å². The summed E-state index contributed by atoms with van der Waals surface area (Å²) >= 11 is 0. The maximum atomic E-state index is 4.78. The molecule has 7 rings (SSSR count). The zero-order valence-electron chi connectivity index (χ0n) is 30.7. The Morgan fingerprint density at radius 2 is 1.28 bits per heavy atom. The number of pyridine rings is 3. The van der Waals surface area contributed by atoms with Gasteiger partial charge in [-0.1, -0.05) is 125 Å². The maximum absolute atomic E-state index is 4.78. The zero-order valence-corrected chi connectivity index (χ0v) is 34.1. The smallest absolute Gasteiger partial charge is 0.0798 e. The van der Waals surface area contributed by atoms with Crippen molar-refractivity contribution in [1.29, 1.82) is 0 Å². The topological polar surface area (TPSA) is 38.7 Å². The first-order valence-electron chi connectivity index (χ1n) is 18.6. The van der Waals surface area contributed by atoms with E-state index in [9.17, 15) is 0 Å². The number of aryl methyl sites for hydroxylation is 2. The maximum Gasteiger partial charge on any atom is 0.0798 e. The minimum atomic E-state index is -1.36. The number of hydrogen-bond acceptors (Lipinski definition) is 3. The predicted molar refractivity (Wildman–Crippen MR) is 209 cm³/mol. The van der Waals surface area contributed by atoms with E-state index in [1.54, 1.807) is 10.8 Å². The molecular formula is C45H53IrN3Si-2. The molecule has 0 unspecified atom stereocenters. The van der Waals surface area contributed by atoms with Crippen LogP contribution in [-0.2, 0) is 32.9 Å². The Balaban J connectivity index is 0.000000192. The molecule has 3 heterocycles. The van der Waals surface area contributed by atoms with Crippen molar-refractivity contribution in [2.45, 2.75) is 104 Å². The van der Waals surface area contributed by atoms with Crippen LogP contribution in [0.5, 0.6) is 0 Å². The van der Waals surface area contributed by atoms with Crippen LogP contribution >= 0.6 is 0 Å². The van der Waals surface area contributed by atoms with Crippen LogP contribution in [0.2, 0.25) is 19.6 Å². The Morgan fingerprint density at radius 1 is 0.680 bits per heavy atom. The van der Waals surface area contributed by atoms with Gasteiger partial charge in [0.05, 0.1) is 8.07 Å². The molecule has 50 heavy (non-hydrogen) atoms. The quantitative estimate of drug-likeness (QED) is 0.115. The van der Waals surface area contributed by atoms with Crippen LogP contribution in [0.1, 0.15) is 80.3 Å². The van der Waals surface area contributed by atoms with Crippen molar-refractivity contribution in [3.63, 3.8) is 0 Å². The first kappa shape index (κ1) is 38.0. The second kappa shape index (κ2) is 17.8. The van der Waals surface area contributed by atoms with E-state index in [1.807, 2.05) is 32.2 Å². The van der Waals surface area contributed by atoms with E-state index in [0.29, 0.717) is 0 Å². The van der Waals surface area contributed by atoms with Gasteiger partial charge in [0, 0.05) is 38.1 Å².